The maximum absolute atomic E-state index is 10.9. The summed E-state index contributed by atoms with van der Waals surface area (Å²) in [5.74, 6) is -1.07. The van der Waals surface area contributed by atoms with Crippen molar-refractivity contribution >= 4 is 22.7 Å². The molecule has 1 aromatic heterocycles. The molecule has 0 aliphatic rings. The molecule has 0 radical (unpaired) electrons. The van der Waals surface area contributed by atoms with Gasteiger partial charge in [0.05, 0.1) is 16.8 Å². The van der Waals surface area contributed by atoms with Crippen LogP contribution in [0, 0.1) is 10.1 Å². The van der Waals surface area contributed by atoms with Crippen LogP contribution in [0.15, 0.2) is 24.5 Å². The van der Waals surface area contributed by atoms with Crippen LogP contribution in [0.2, 0.25) is 0 Å². The van der Waals surface area contributed by atoms with E-state index in [1.807, 2.05) is 0 Å². The summed E-state index contributed by atoms with van der Waals surface area (Å²) in [5.41, 5.74) is 0.493. The lowest BCUT2D eigenvalue weighted by Crippen LogP contribution is -2.15. The summed E-state index contributed by atoms with van der Waals surface area (Å²) < 4.78 is 1.29. The SMILES string of the molecule is CC(C(=O)O)n1cnc2cccc([N+](=O)[O-])c21. The summed E-state index contributed by atoms with van der Waals surface area (Å²) >= 11 is 0. The summed E-state index contributed by atoms with van der Waals surface area (Å²) in [7, 11) is 0. The van der Waals surface area contributed by atoms with E-state index in [0.717, 1.165) is 0 Å². The lowest BCUT2D eigenvalue weighted by atomic mass is 10.2. The molecule has 1 heterocycles. The number of carbonyl (C=O) groups is 1. The Labute approximate surface area is 95.5 Å². The van der Waals surface area contributed by atoms with Crippen LogP contribution < -0.4 is 0 Å². The number of fused-ring (bicyclic) bond motifs is 1. The molecule has 0 bridgehead atoms. The fourth-order valence-electron chi connectivity index (χ4n) is 1.63. The van der Waals surface area contributed by atoms with Crippen molar-refractivity contribution in [1.82, 2.24) is 9.55 Å². The van der Waals surface area contributed by atoms with E-state index in [0.29, 0.717) is 5.52 Å². The van der Waals surface area contributed by atoms with Crippen molar-refractivity contribution in [1.29, 1.82) is 0 Å². The number of non-ortho nitro benzene ring substituents is 1. The number of nitro benzene ring substituents is 1. The zero-order valence-electron chi connectivity index (χ0n) is 8.90. The predicted molar refractivity (Wildman–Crippen MR) is 58.7 cm³/mol. The monoisotopic (exact) mass is 235 g/mol. The van der Waals surface area contributed by atoms with Crippen LogP contribution in [-0.4, -0.2) is 25.6 Å². The lowest BCUT2D eigenvalue weighted by molar-refractivity contribution is -0.383. The Morgan fingerprint density at radius 1 is 1.59 bits per heavy atom. The minimum Gasteiger partial charge on any atom is -0.480 e. The third-order valence-electron chi connectivity index (χ3n) is 2.54. The second-order valence-electron chi connectivity index (χ2n) is 3.57. The van der Waals surface area contributed by atoms with E-state index in [-0.39, 0.29) is 11.2 Å². The van der Waals surface area contributed by atoms with Gasteiger partial charge in [-0.25, -0.2) is 9.78 Å². The molecule has 0 aliphatic carbocycles. The number of benzene rings is 1. The number of hydrogen-bond donors (Lipinski definition) is 1. The number of rotatable bonds is 3. The Hall–Kier alpha value is -2.44. The topological polar surface area (TPSA) is 98.3 Å². The average molecular weight is 235 g/mol. The van der Waals surface area contributed by atoms with Crippen molar-refractivity contribution in [2.45, 2.75) is 13.0 Å². The number of carboxylic acids is 1. The van der Waals surface area contributed by atoms with Crippen LogP contribution in [0.4, 0.5) is 5.69 Å². The average Bonchev–Trinajstić information content (AvgIpc) is 2.70. The van der Waals surface area contributed by atoms with E-state index in [1.165, 1.54) is 30.0 Å². The molecule has 2 rings (SSSR count). The molecule has 0 aliphatic heterocycles. The van der Waals surface area contributed by atoms with Gasteiger partial charge in [-0.05, 0) is 13.0 Å². The first-order valence-electron chi connectivity index (χ1n) is 4.85. The van der Waals surface area contributed by atoms with Gasteiger partial charge in [-0.3, -0.25) is 10.1 Å². The molecular formula is C10H9N3O4. The van der Waals surface area contributed by atoms with Crippen LogP contribution in [0.5, 0.6) is 0 Å². The number of para-hydroxylation sites is 1. The third-order valence-corrected chi connectivity index (χ3v) is 2.54. The van der Waals surface area contributed by atoms with Gasteiger partial charge >= 0.3 is 5.97 Å². The number of hydrogen-bond acceptors (Lipinski definition) is 4. The van der Waals surface area contributed by atoms with Crippen molar-refractivity contribution in [3.05, 3.63) is 34.6 Å². The summed E-state index contributed by atoms with van der Waals surface area (Å²) in [4.78, 5) is 25.2. The van der Waals surface area contributed by atoms with Gasteiger partial charge in [0, 0.05) is 6.07 Å². The maximum atomic E-state index is 10.9. The molecule has 0 fully saturated rings. The van der Waals surface area contributed by atoms with Gasteiger partial charge in [-0.1, -0.05) is 6.07 Å². The van der Waals surface area contributed by atoms with Gasteiger partial charge in [0.1, 0.15) is 11.6 Å². The first-order chi connectivity index (χ1) is 8.02. The molecule has 7 nitrogen and oxygen atoms in total. The van der Waals surface area contributed by atoms with Gasteiger partial charge in [-0.2, -0.15) is 0 Å². The van der Waals surface area contributed by atoms with Gasteiger partial charge in [-0.15, -0.1) is 0 Å². The molecule has 0 spiro atoms. The molecule has 1 atom stereocenters. The highest BCUT2D eigenvalue weighted by Gasteiger charge is 2.22. The minimum absolute atomic E-state index is 0.145. The lowest BCUT2D eigenvalue weighted by Gasteiger charge is -2.08. The fraction of sp³-hybridized carbons (Fsp3) is 0.200. The molecule has 0 saturated carbocycles. The molecule has 1 unspecified atom stereocenters. The summed E-state index contributed by atoms with van der Waals surface area (Å²) in [6.45, 7) is 1.44. The van der Waals surface area contributed by atoms with E-state index >= 15 is 0 Å². The number of aromatic nitrogens is 2. The molecule has 1 N–H and O–H groups in total. The quantitative estimate of drug-likeness (QED) is 0.643. The van der Waals surface area contributed by atoms with Crippen LogP contribution in [0.3, 0.4) is 0 Å². The smallest absolute Gasteiger partial charge is 0.326 e. The Morgan fingerprint density at radius 3 is 2.88 bits per heavy atom. The molecular weight excluding hydrogens is 226 g/mol. The minimum atomic E-state index is -1.07. The number of nitro groups is 1. The van der Waals surface area contributed by atoms with Crippen LogP contribution in [-0.2, 0) is 4.79 Å². The molecule has 7 heteroatoms. The van der Waals surface area contributed by atoms with Crippen molar-refractivity contribution in [3.8, 4) is 0 Å². The second-order valence-corrected chi connectivity index (χ2v) is 3.57. The van der Waals surface area contributed by atoms with Crippen molar-refractivity contribution in [3.63, 3.8) is 0 Å². The summed E-state index contributed by atoms with van der Waals surface area (Å²) in [6.07, 6.45) is 1.30. The first kappa shape index (κ1) is 11.1. The first-order valence-corrected chi connectivity index (χ1v) is 4.85. The van der Waals surface area contributed by atoms with E-state index in [4.69, 9.17) is 5.11 Å². The second kappa shape index (κ2) is 3.85. The van der Waals surface area contributed by atoms with Crippen molar-refractivity contribution < 1.29 is 14.8 Å². The largest absolute Gasteiger partial charge is 0.480 e. The molecule has 17 heavy (non-hydrogen) atoms. The Kier molecular flexibility index (Phi) is 2.51. The van der Waals surface area contributed by atoms with Gasteiger partial charge in [0.25, 0.3) is 5.69 Å². The molecule has 0 amide bonds. The normalized spacial score (nSPS) is 12.5. The van der Waals surface area contributed by atoms with Gasteiger partial charge in [0.2, 0.25) is 0 Å². The third kappa shape index (κ3) is 1.71. The van der Waals surface area contributed by atoms with E-state index in [2.05, 4.69) is 4.98 Å². The maximum Gasteiger partial charge on any atom is 0.326 e. The highest BCUT2D eigenvalue weighted by Crippen LogP contribution is 2.27. The number of nitrogens with zero attached hydrogens (tertiary/aromatic N) is 3. The Balaban J connectivity index is 2.73. The predicted octanol–water partition coefficient (Wildman–Crippen LogP) is 1.59. The van der Waals surface area contributed by atoms with Gasteiger partial charge < -0.3 is 9.67 Å². The molecule has 1 aromatic carbocycles. The molecule has 2 aromatic rings. The van der Waals surface area contributed by atoms with Crippen molar-refractivity contribution in [2.75, 3.05) is 0 Å². The standard InChI is InChI=1S/C10H9N3O4/c1-6(10(14)15)12-5-11-7-3-2-4-8(9(7)12)13(16)17/h2-6H,1H3,(H,14,15). The highest BCUT2D eigenvalue weighted by atomic mass is 16.6. The number of imidazole rings is 1. The van der Waals surface area contributed by atoms with E-state index in [9.17, 15) is 14.9 Å². The van der Waals surface area contributed by atoms with E-state index in [1.54, 1.807) is 6.07 Å². The van der Waals surface area contributed by atoms with Crippen LogP contribution in [0.1, 0.15) is 13.0 Å². The van der Waals surface area contributed by atoms with Crippen LogP contribution >= 0.6 is 0 Å². The number of aliphatic carboxylic acids is 1. The number of carboxylic acid groups (broad SMARTS) is 1. The van der Waals surface area contributed by atoms with Gasteiger partial charge in [0.15, 0.2) is 0 Å². The Morgan fingerprint density at radius 2 is 2.29 bits per heavy atom. The Bertz CT molecular complexity index is 605. The zero-order chi connectivity index (χ0) is 12.6. The van der Waals surface area contributed by atoms with E-state index < -0.39 is 16.9 Å². The molecule has 0 saturated heterocycles. The van der Waals surface area contributed by atoms with Crippen LogP contribution in [0.25, 0.3) is 11.0 Å². The summed E-state index contributed by atoms with van der Waals surface area (Å²) in [6, 6.07) is 3.55. The fourth-order valence-corrected chi connectivity index (χ4v) is 1.63. The highest BCUT2D eigenvalue weighted by molar-refractivity contribution is 5.86. The van der Waals surface area contributed by atoms with Crippen molar-refractivity contribution in [2.24, 2.45) is 0 Å². The molecule has 88 valence electrons. The zero-order valence-corrected chi connectivity index (χ0v) is 8.90. The summed E-state index contributed by atoms with van der Waals surface area (Å²) in [5, 5.41) is 19.8.